The summed E-state index contributed by atoms with van der Waals surface area (Å²) in [5, 5.41) is 3.59. The van der Waals surface area contributed by atoms with Gasteiger partial charge in [0.1, 0.15) is 8.07 Å². The van der Waals surface area contributed by atoms with Gasteiger partial charge in [-0.25, -0.2) is 0 Å². The molecule has 2 heterocycles. The highest BCUT2D eigenvalue weighted by Gasteiger charge is 2.53. The van der Waals surface area contributed by atoms with Gasteiger partial charge in [-0.3, -0.25) is 0 Å². The Morgan fingerprint density at radius 2 is 1.61 bits per heavy atom. The molecule has 3 heteroatoms. The quantitative estimate of drug-likeness (QED) is 0.190. The van der Waals surface area contributed by atoms with Crippen LogP contribution < -0.4 is 0 Å². The molecule has 2 fully saturated rings. The SMILES string of the molecule is CC1c2c(c3c(n2C2CCC4C(C2)C2=C(CCC=C2)N4C2C=C([Si](C4=CC=CCC4)(C4C=CC=CC4)C4CC=CCC4)C=CC2)C=C(c2ccccc2)CC3)C=CC1C1CCCCC1. The van der Waals surface area contributed by atoms with Crippen LogP contribution in [0.1, 0.15) is 163 Å². The highest BCUT2D eigenvalue weighted by molar-refractivity contribution is 6.96. The van der Waals surface area contributed by atoms with Crippen LogP contribution in [-0.4, -0.2) is 29.6 Å². The molecule has 1 aromatic heterocycles. The second kappa shape index (κ2) is 17.5. The first-order valence-corrected chi connectivity index (χ1v) is 28.5. The summed E-state index contributed by atoms with van der Waals surface area (Å²) in [5.41, 5.74) is 14.2. The second-order valence-electron chi connectivity index (χ2n) is 21.6. The average molecular weight is 861 g/mol. The van der Waals surface area contributed by atoms with Crippen molar-refractivity contribution in [1.29, 1.82) is 0 Å². The molecule has 64 heavy (non-hydrogen) atoms. The Hall–Kier alpha value is -4.34. The highest BCUT2D eigenvalue weighted by Crippen LogP contribution is 2.57. The van der Waals surface area contributed by atoms with Gasteiger partial charge in [-0.15, -0.1) is 0 Å². The van der Waals surface area contributed by atoms with Gasteiger partial charge >= 0.3 is 0 Å². The normalized spacial score (nSPS) is 33.0. The summed E-state index contributed by atoms with van der Waals surface area (Å²) in [6, 6.07) is 12.9. The van der Waals surface area contributed by atoms with Crippen LogP contribution in [-0.2, 0) is 6.42 Å². The van der Waals surface area contributed by atoms with Gasteiger partial charge < -0.3 is 9.47 Å². The number of nitrogens with zero attached hydrogens (tertiary/aromatic N) is 2. The smallest absolute Gasteiger partial charge is 0.123 e. The molecule has 0 bridgehead atoms. The number of benzene rings is 1. The van der Waals surface area contributed by atoms with E-state index in [1.807, 2.05) is 5.20 Å². The zero-order valence-corrected chi connectivity index (χ0v) is 39.7. The van der Waals surface area contributed by atoms with Crippen molar-refractivity contribution in [1.82, 2.24) is 9.47 Å². The van der Waals surface area contributed by atoms with E-state index in [2.05, 4.69) is 150 Å². The molecule has 2 saturated carbocycles. The Morgan fingerprint density at radius 3 is 2.44 bits per heavy atom. The zero-order chi connectivity index (χ0) is 42.6. The van der Waals surface area contributed by atoms with Gasteiger partial charge in [0, 0.05) is 41.0 Å². The van der Waals surface area contributed by atoms with Crippen LogP contribution >= 0.6 is 0 Å². The number of allylic oxidation sites excluding steroid dienone is 17. The molecule has 2 nitrogen and oxygen atoms in total. The van der Waals surface area contributed by atoms with E-state index in [4.69, 9.17) is 0 Å². The molecule has 330 valence electrons. The Morgan fingerprint density at radius 1 is 0.703 bits per heavy atom. The van der Waals surface area contributed by atoms with Gasteiger partial charge in [0.25, 0.3) is 0 Å². The zero-order valence-electron chi connectivity index (χ0n) is 38.7. The fraction of sp³-hybridized carbons (Fsp3) is 0.475. The van der Waals surface area contributed by atoms with Crippen LogP contribution in [0.3, 0.4) is 0 Å². The van der Waals surface area contributed by atoms with Crippen molar-refractivity contribution in [2.75, 3.05) is 0 Å². The van der Waals surface area contributed by atoms with Crippen LogP contribution in [0.5, 0.6) is 0 Å². The van der Waals surface area contributed by atoms with Gasteiger partial charge in [0.05, 0.1) is 6.04 Å². The Balaban J connectivity index is 0.922. The summed E-state index contributed by atoms with van der Waals surface area (Å²) >= 11 is 0. The van der Waals surface area contributed by atoms with E-state index in [9.17, 15) is 0 Å². The van der Waals surface area contributed by atoms with Gasteiger partial charge in [-0.05, 0) is 160 Å². The summed E-state index contributed by atoms with van der Waals surface area (Å²) in [7, 11) is -2.18. The summed E-state index contributed by atoms with van der Waals surface area (Å²) in [6.45, 7) is 2.63. The molecule has 2 aromatic rings. The van der Waals surface area contributed by atoms with Crippen molar-refractivity contribution in [3.8, 4) is 0 Å². The Kier molecular flexibility index (Phi) is 11.2. The molecular weight excluding hydrogens is 789 g/mol. The molecule has 10 aliphatic rings. The monoisotopic (exact) mass is 861 g/mol. The molecule has 0 spiro atoms. The topological polar surface area (TPSA) is 8.17 Å². The standard InChI is InChI=1S/C61H72N2Si/c1-43-53(45-22-9-3-10-23-45)37-38-56-55-36-34-46(44-20-7-2-8-21-44)40-60(55)63(61(43)56)48-35-39-59-57(42-48)54-32-17-18-33-58(54)62(59)47-24-19-31-52(41-47)64(49-25-11-4-12-26-49,50-27-13-5-14-28-50)51-29-15-6-16-30-51/h2,4-8,11-13,15,17,19-21,25,27,31-32,37-38,40-41,43,45,47-49,51,53,57,59H,3,9-10,14,16,18,22-24,26,28-30,33-36,39,42H2,1H3. The summed E-state index contributed by atoms with van der Waals surface area (Å²) in [6.07, 6.45) is 67.9. The van der Waals surface area contributed by atoms with Crippen LogP contribution in [0.2, 0.25) is 11.1 Å². The number of hydrogen-bond donors (Lipinski definition) is 0. The van der Waals surface area contributed by atoms with Crippen LogP contribution in [0.15, 0.2) is 143 Å². The van der Waals surface area contributed by atoms with Gasteiger partial charge in [0.2, 0.25) is 0 Å². The lowest BCUT2D eigenvalue weighted by Crippen LogP contribution is -2.51. The highest BCUT2D eigenvalue weighted by atomic mass is 28.3. The van der Waals surface area contributed by atoms with E-state index in [1.165, 1.54) is 114 Å². The molecule has 12 rings (SSSR count). The first-order chi connectivity index (χ1) is 31.7. The molecular formula is C61H72N2Si. The van der Waals surface area contributed by atoms with E-state index in [0.717, 1.165) is 30.7 Å². The lowest BCUT2D eigenvalue weighted by molar-refractivity contribution is 0.133. The molecule has 9 aliphatic carbocycles. The van der Waals surface area contributed by atoms with E-state index >= 15 is 0 Å². The van der Waals surface area contributed by atoms with Crippen LogP contribution in [0, 0.1) is 17.8 Å². The predicted molar refractivity (Wildman–Crippen MR) is 273 cm³/mol. The summed E-state index contributed by atoms with van der Waals surface area (Å²) in [4.78, 5) is 3.08. The number of aromatic nitrogens is 1. The maximum atomic E-state index is 3.08. The molecule has 0 radical (unpaired) electrons. The maximum absolute atomic E-state index is 3.08. The first-order valence-electron chi connectivity index (χ1n) is 26.3. The fourth-order valence-electron chi connectivity index (χ4n) is 15.8. The molecule has 0 saturated heterocycles. The molecule has 1 aromatic carbocycles. The molecule has 1 aliphatic heterocycles. The van der Waals surface area contributed by atoms with E-state index < -0.39 is 8.07 Å². The minimum atomic E-state index is -2.18. The largest absolute Gasteiger partial charge is 0.364 e. The summed E-state index contributed by atoms with van der Waals surface area (Å²) < 4.78 is 3.01. The number of hydrogen-bond acceptors (Lipinski definition) is 1. The van der Waals surface area contributed by atoms with Crippen molar-refractivity contribution >= 4 is 25.8 Å². The molecule has 9 unspecified atom stereocenters. The lowest BCUT2D eigenvalue weighted by Gasteiger charge is -2.50. The van der Waals surface area contributed by atoms with Crippen molar-refractivity contribution < 1.29 is 0 Å². The Labute approximate surface area is 386 Å². The average Bonchev–Trinajstić information content (AvgIpc) is 3.89. The minimum Gasteiger partial charge on any atom is -0.364 e. The van der Waals surface area contributed by atoms with Gasteiger partial charge in [-0.2, -0.15) is 0 Å². The van der Waals surface area contributed by atoms with Gasteiger partial charge in [0.15, 0.2) is 0 Å². The Bertz CT molecular complexity index is 2460. The van der Waals surface area contributed by atoms with E-state index in [-0.39, 0.29) is 0 Å². The third kappa shape index (κ3) is 6.91. The van der Waals surface area contributed by atoms with Crippen molar-refractivity contribution in [2.24, 2.45) is 17.8 Å². The molecule has 9 atom stereocenters. The van der Waals surface area contributed by atoms with E-state index in [1.54, 1.807) is 39.0 Å². The van der Waals surface area contributed by atoms with Crippen molar-refractivity contribution in [2.45, 2.75) is 164 Å². The van der Waals surface area contributed by atoms with E-state index in [0.29, 0.717) is 41.4 Å². The summed E-state index contributed by atoms with van der Waals surface area (Å²) in [5.74, 6) is 2.65. The lowest BCUT2D eigenvalue weighted by atomic mass is 9.70. The minimum absolute atomic E-state index is 0.446. The third-order valence-corrected chi connectivity index (χ3v) is 24.7. The third-order valence-electron chi connectivity index (χ3n) is 18.5. The first kappa shape index (κ1) is 41.1. The fourth-order valence-corrected chi connectivity index (χ4v) is 22.5. The number of rotatable bonds is 8. The molecule has 0 amide bonds. The van der Waals surface area contributed by atoms with Crippen molar-refractivity contribution in [3.05, 3.63) is 171 Å². The van der Waals surface area contributed by atoms with Gasteiger partial charge in [-0.1, -0.05) is 164 Å². The second-order valence-corrected chi connectivity index (χ2v) is 26.1. The van der Waals surface area contributed by atoms with Crippen molar-refractivity contribution in [3.63, 3.8) is 0 Å². The molecule has 0 N–H and O–H groups in total. The van der Waals surface area contributed by atoms with Crippen LogP contribution in [0.4, 0.5) is 0 Å². The predicted octanol–water partition coefficient (Wildman–Crippen LogP) is 16.0. The number of fused-ring (bicyclic) bond motifs is 5. The van der Waals surface area contributed by atoms with Crippen LogP contribution in [0.25, 0.3) is 17.7 Å². The maximum Gasteiger partial charge on any atom is 0.123 e.